The van der Waals surface area contributed by atoms with Crippen LogP contribution in [0, 0.1) is 17.0 Å². The maximum atomic E-state index is 10.9. The highest BCUT2D eigenvalue weighted by molar-refractivity contribution is 7.99. The van der Waals surface area contributed by atoms with Gasteiger partial charge in [-0.1, -0.05) is 18.5 Å². The van der Waals surface area contributed by atoms with Crippen LogP contribution in [-0.2, 0) is 0 Å². The van der Waals surface area contributed by atoms with Gasteiger partial charge in [-0.05, 0) is 36.5 Å². The zero-order valence-corrected chi connectivity index (χ0v) is 12.1. The number of rotatable bonds is 7. The number of hydrogen-bond donors (Lipinski definition) is 1. The van der Waals surface area contributed by atoms with Gasteiger partial charge in [-0.3, -0.25) is 10.1 Å². The first-order chi connectivity index (χ1) is 8.57. The number of hydrogen-bond acceptors (Lipinski definition) is 4. The smallest absolute Gasteiger partial charge is 0.292 e. The molecule has 0 amide bonds. The lowest BCUT2D eigenvalue weighted by Crippen LogP contribution is -2.07. The maximum absolute atomic E-state index is 10.9. The number of thioether (sulfide) groups is 1. The molecule has 0 heterocycles. The summed E-state index contributed by atoms with van der Waals surface area (Å²) >= 11 is 7.85. The van der Waals surface area contributed by atoms with Gasteiger partial charge in [-0.2, -0.15) is 11.8 Å². The molecule has 1 aromatic carbocycles. The molecule has 18 heavy (non-hydrogen) atoms. The molecule has 1 aromatic rings. The highest BCUT2D eigenvalue weighted by Crippen LogP contribution is 2.32. The van der Waals surface area contributed by atoms with Gasteiger partial charge in [0.1, 0.15) is 5.69 Å². The minimum Gasteiger partial charge on any atom is -0.379 e. The Morgan fingerprint density at radius 3 is 2.83 bits per heavy atom. The van der Waals surface area contributed by atoms with Gasteiger partial charge in [0.2, 0.25) is 0 Å². The largest absolute Gasteiger partial charge is 0.379 e. The summed E-state index contributed by atoms with van der Waals surface area (Å²) in [6.07, 6.45) is 0.974. The van der Waals surface area contributed by atoms with Crippen molar-refractivity contribution in [2.45, 2.75) is 20.3 Å². The molecule has 0 bridgehead atoms. The van der Waals surface area contributed by atoms with Crippen LogP contribution in [0.5, 0.6) is 0 Å². The number of nitro groups is 1. The summed E-state index contributed by atoms with van der Waals surface area (Å²) in [6, 6.07) is 3.01. The second-order valence-corrected chi connectivity index (χ2v) is 5.60. The van der Waals surface area contributed by atoms with Crippen LogP contribution < -0.4 is 5.32 Å². The fourth-order valence-electron chi connectivity index (χ4n) is 1.58. The molecule has 0 saturated carbocycles. The van der Waals surface area contributed by atoms with E-state index in [1.807, 2.05) is 11.8 Å². The molecule has 0 saturated heterocycles. The van der Waals surface area contributed by atoms with Gasteiger partial charge in [-0.15, -0.1) is 0 Å². The Morgan fingerprint density at radius 2 is 2.22 bits per heavy atom. The summed E-state index contributed by atoms with van der Waals surface area (Å²) in [5.41, 5.74) is 1.35. The number of nitrogens with zero attached hydrogens (tertiary/aromatic N) is 1. The third-order valence-corrected chi connectivity index (χ3v) is 3.94. The van der Waals surface area contributed by atoms with E-state index in [4.69, 9.17) is 11.6 Å². The lowest BCUT2D eigenvalue weighted by atomic mass is 10.1. The van der Waals surface area contributed by atoms with E-state index in [0.717, 1.165) is 30.0 Å². The highest BCUT2D eigenvalue weighted by Gasteiger charge is 2.17. The van der Waals surface area contributed by atoms with Crippen LogP contribution in [-0.4, -0.2) is 23.0 Å². The van der Waals surface area contributed by atoms with E-state index < -0.39 is 0 Å². The summed E-state index contributed by atoms with van der Waals surface area (Å²) < 4.78 is 0. The first-order valence-electron chi connectivity index (χ1n) is 5.83. The quantitative estimate of drug-likeness (QED) is 0.466. The molecule has 0 aliphatic heterocycles. The first kappa shape index (κ1) is 15.1. The Balaban J connectivity index is 2.73. The van der Waals surface area contributed by atoms with Gasteiger partial charge in [0.05, 0.1) is 4.92 Å². The van der Waals surface area contributed by atoms with Crippen LogP contribution in [0.25, 0.3) is 0 Å². The Bertz CT molecular complexity index is 427. The van der Waals surface area contributed by atoms with Crippen molar-refractivity contribution in [3.63, 3.8) is 0 Å². The Kier molecular flexibility index (Phi) is 6.29. The Labute approximate surface area is 116 Å². The standard InChI is InChI=1S/C12H17ClN2O2S/c1-3-18-8-4-7-14-12-9(2)10(13)5-6-11(12)15(16)17/h5-6,14H,3-4,7-8H2,1-2H3. The molecule has 1 N–H and O–H groups in total. The van der Waals surface area contributed by atoms with E-state index in [1.165, 1.54) is 6.07 Å². The molecular formula is C12H17ClN2O2S. The molecule has 0 radical (unpaired) electrons. The summed E-state index contributed by atoms with van der Waals surface area (Å²) in [5, 5.41) is 14.6. The minimum absolute atomic E-state index is 0.0834. The molecule has 0 atom stereocenters. The van der Waals surface area contributed by atoms with Crippen LogP contribution in [0.2, 0.25) is 5.02 Å². The summed E-state index contributed by atoms with van der Waals surface area (Å²) in [6.45, 7) is 4.62. The lowest BCUT2D eigenvalue weighted by molar-refractivity contribution is -0.384. The van der Waals surface area contributed by atoms with E-state index in [-0.39, 0.29) is 10.6 Å². The second kappa shape index (κ2) is 7.48. The van der Waals surface area contributed by atoms with E-state index in [1.54, 1.807) is 13.0 Å². The minimum atomic E-state index is -0.382. The molecule has 0 spiro atoms. The lowest BCUT2D eigenvalue weighted by Gasteiger charge is -2.11. The van der Waals surface area contributed by atoms with Crippen molar-refractivity contribution >= 4 is 34.7 Å². The monoisotopic (exact) mass is 288 g/mol. The molecule has 0 aromatic heterocycles. The predicted octanol–water partition coefficient (Wildman–Crippen LogP) is 4.11. The van der Waals surface area contributed by atoms with E-state index in [0.29, 0.717) is 10.7 Å². The van der Waals surface area contributed by atoms with Crippen molar-refractivity contribution in [2.75, 3.05) is 23.4 Å². The molecule has 0 unspecified atom stereocenters. The number of nitrogens with one attached hydrogen (secondary N) is 1. The van der Waals surface area contributed by atoms with Crippen LogP contribution in [0.3, 0.4) is 0 Å². The van der Waals surface area contributed by atoms with Gasteiger partial charge in [0, 0.05) is 17.6 Å². The average molecular weight is 289 g/mol. The number of nitro benzene ring substituents is 1. The number of anilines is 1. The molecule has 1 rings (SSSR count). The van der Waals surface area contributed by atoms with Gasteiger partial charge in [0.15, 0.2) is 0 Å². The van der Waals surface area contributed by atoms with Crippen LogP contribution in [0.15, 0.2) is 12.1 Å². The van der Waals surface area contributed by atoms with Crippen molar-refractivity contribution in [3.05, 3.63) is 32.8 Å². The second-order valence-electron chi connectivity index (χ2n) is 3.80. The van der Waals surface area contributed by atoms with E-state index in [9.17, 15) is 10.1 Å². The van der Waals surface area contributed by atoms with Crippen molar-refractivity contribution in [3.8, 4) is 0 Å². The molecule has 100 valence electrons. The van der Waals surface area contributed by atoms with Crippen molar-refractivity contribution in [1.29, 1.82) is 0 Å². The third kappa shape index (κ3) is 4.07. The number of halogens is 1. The van der Waals surface area contributed by atoms with Gasteiger partial charge >= 0.3 is 0 Å². The molecule has 0 aliphatic rings. The van der Waals surface area contributed by atoms with Gasteiger partial charge in [-0.25, -0.2) is 0 Å². The van der Waals surface area contributed by atoms with Crippen molar-refractivity contribution < 1.29 is 4.92 Å². The normalized spacial score (nSPS) is 10.4. The molecule has 0 fully saturated rings. The number of benzene rings is 1. The van der Waals surface area contributed by atoms with E-state index in [2.05, 4.69) is 12.2 Å². The van der Waals surface area contributed by atoms with Gasteiger partial charge in [0.25, 0.3) is 5.69 Å². The van der Waals surface area contributed by atoms with Crippen LogP contribution >= 0.6 is 23.4 Å². The molecule has 0 aliphatic carbocycles. The van der Waals surface area contributed by atoms with Crippen LogP contribution in [0.4, 0.5) is 11.4 Å². The Morgan fingerprint density at radius 1 is 1.50 bits per heavy atom. The van der Waals surface area contributed by atoms with Crippen molar-refractivity contribution in [1.82, 2.24) is 0 Å². The zero-order valence-electron chi connectivity index (χ0n) is 10.5. The van der Waals surface area contributed by atoms with Crippen LogP contribution in [0.1, 0.15) is 18.9 Å². The predicted molar refractivity (Wildman–Crippen MR) is 78.9 cm³/mol. The van der Waals surface area contributed by atoms with E-state index >= 15 is 0 Å². The Hall–Kier alpha value is -0.940. The van der Waals surface area contributed by atoms with Gasteiger partial charge < -0.3 is 5.32 Å². The molecule has 6 heteroatoms. The highest BCUT2D eigenvalue weighted by atomic mass is 35.5. The molecular weight excluding hydrogens is 272 g/mol. The topological polar surface area (TPSA) is 55.2 Å². The fraction of sp³-hybridized carbons (Fsp3) is 0.500. The SMILES string of the molecule is CCSCCCNc1c([N+](=O)[O-])ccc(Cl)c1C. The zero-order chi connectivity index (χ0) is 13.5. The first-order valence-corrected chi connectivity index (χ1v) is 7.36. The van der Waals surface area contributed by atoms with Crippen molar-refractivity contribution in [2.24, 2.45) is 0 Å². The molecule has 4 nitrogen and oxygen atoms in total. The summed E-state index contributed by atoms with van der Waals surface area (Å²) in [7, 11) is 0. The maximum Gasteiger partial charge on any atom is 0.292 e. The average Bonchev–Trinajstić information content (AvgIpc) is 2.33. The fourth-order valence-corrected chi connectivity index (χ4v) is 2.37. The summed E-state index contributed by atoms with van der Waals surface area (Å²) in [4.78, 5) is 10.6. The third-order valence-electron chi connectivity index (χ3n) is 2.54. The summed E-state index contributed by atoms with van der Waals surface area (Å²) in [5.74, 6) is 2.15.